The van der Waals surface area contributed by atoms with E-state index in [4.69, 9.17) is 4.74 Å². The molecule has 0 bridgehead atoms. The van der Waals surface area contributed by atoms with E-state index in [-0.39, 0.29) is 23.3 Å². The van der Waals surface area contributed by atoms with Crippen LogP contribution in [0, 0.1) is 5.41 Å². The summed E-state index contributed by atoms with van der Waals surface area (Å²) in [5.41, 5.74) is 1.76. The number of piperidine rings is 1. The van der Waals surface area contributed by atoms with Gasteiger partial charge in [0.2, 0.25) is 5.91 Å². The molecule has 2 amide bonds. The van der Waals surface area contributed by atoms with Crippen molar-refractivity contribution in [2.24, 2.45) is 5.41 Å². The highest BCUT2D eigenvalue weighted by atomic mass is 16.5. The number of methoxy groups -OCH3 is 1. The minimum Gasteiger partial charge on any atom is -0.384 e. The van der Waals surface area contributed by atoms with Crippen LogP contribution < -0.4 is 0 Å². The summed E-state index contributed by atoms with van der Waals surface area (Å²) in [6.07, 6.45) is 5.84. The first kappa shape index (κ1) is 20.6. The van der Waals surface area contributed by atoms with Gasteiger partial charge in [-0.05, 0) is 24.8 Å². The molecule has 1 unspecified atom stereocenters. The molecule has 160 valence electrons. The lowest BCUT2D eigenvalue weighted by atomic mass is 9.78. The molecule has 1 saturated carbocycles. The molecule has 1 N–H and O–H groups in total. The largest absolute Gasteiger partial charge is 0.384 e. The zero-order valence-electron chi connectivity index (χ0n) is 17.7. The minimum atomic E-state index is -0.128. The predicted octanol–water partition coefficient (Wildman–Crippen LogP) is 2.68. The van der Waals surface area contributed by atoms with Crippen molar-refractivity contribution in [3.8, 4) is 0 Å². The Morgan fingerprint density at radius 3 is 2.60 bits per heavy atom. The number of hydrogen-bond acceptors (Lipinski definition) is 4. The molecule has 0 radical (unpaired) electrons. The Hall–Kier alpha value is -2.67. The predicted molar refractivity (Wildman–Crippen MR) is 113 cm³/mol. The van der Waals surface area contributed by atoms with Crippen molar-refractivity contribution < 1.29 is 14.3 Å². The second-order valence-electron chi connectivity index (χ2n) is 8.68. The van der Waals surface area contributed by atoms with E-state index < -0.39 is 0 Å². The first-order valence-electron chi connectivity index (χ1n) is 10.6. The summed E-state index contributed by atoms with van der Waals surface area (Å²) in [5.74, 6) is 0.535. The number of carbonyl (C=O) groups is 2. The highest BCUT2D eigenvalue weighted by molar-refractivity contribution is 5.93. The molecule has 2 heterocycles. The van der Waals surface area contributed by atoms with Gasteiger partial charge in [0.05, 0.1) is 18.4 Å². The highest BCUT2D eigenvalue weighted by Gasteiger charge is 2.47. The summed E-state index contributed by atoms with van der Waals surface area (Å²) >= 11 is 0. The number of nitrogens with zero attached hydrogens (tertiary/aromatic N) is 3. The van der Waals surface area contributed by atoms with Crippen molar-refractivity contribution in [3.63, 3.8) is 0 Å². The molecule has 0 spiro atoms. The van der Waals surface area contributed by atoms with E-state index in [1.165, 1.54) is 5.56 Å². The van der Waals surface area contributed by atoms with Gasteiger partial charge in [-0.3, -0.25) is 14.7 Å². The average Bonchev–Trinajstić information content (AvgIpc) is 3.35. The van der Waals surface area contributed by atoms with Crippen LogP contribution in [0.15, 0.2) is 42.7 Å². The SMILES string of the molecule is COCC1(CN(C(C)=O)[C@@H]2CC2c2ccccc2)CCN(C(=O)c2cn[nH]c2)CC1. The number of nitrogens with one attached hydrogen (secondary N) is 1. The molecule has 7 nitrogen and oxygen atoms in total. The third-order valence-corrected chi connectivity index (χ3v) is 6.60. The van der Waals surface area contributed by atoms with Gasteiger partial charge in [0.1, 0.15) is 0 Å². The Balaban J connectivity index is 1.43. The maximum Gasteiger partial charge on any atom is 0.257 e. The smallest absolute Gasteiger partial charge is 0.257 e. The molecule has 30 heavy (non-hydrogen) atoms. The van der Waals surface area contributed by atoms with Gasteiger partial charge in [-0.15, -0.1) is 0 Å². The number of carbonyl (C=O) groups excluding carboxylic acids is 2. The number of amides is 2. The molecule has 2 aromatic rings. The summed E-state index contributed by atoms with van der Waals surface area (Å²) in [6.45, 7) is 4.25. The highest BCUT2D eigenvalue weighted by Crippen LogP contribution is 2.46. The van der Waals surface area contributed by atoms with Gasteiger partial charge in [-0.25, -0.2) is 0 Å². The molecule has 1 aromatic heterocycles. The lowest BCUT2D eigenvalue weighted by Gasteiger charge is -2.44. The first-order chi connectivity index (χ1) is 14.5. The van der Waals surface area contributed by atoms with Crippen LogP contribution in [0.1, 0.15) is 48.0 Å². The van der Waals surface area contributed by atoms with Gasteiger partial charge >= 0.3 is 0 Å². The zero-order valence-corrected chi connectivity index (χ0v) is 17.7. The molecule has 1 aromatic carbocycles. The van der Waals surface area contributed by atoms with Crippen molar-refractivity contribution in [3.05, 3.63) is 53.9 Å². The normalized spacial score (nSPS) is 22.5. The van der Waals surface area contributed by atoms with E-state index in [0.717, 1.165) is 19.3 Å². The van der Waals surface area contributed by atoms with Crippen molar-refractivity contribution >= 4 is 11.8 Å². The van der Waals surface area contributed by atoms with E-state index in [2.05, 4.69) is 34.5 Å². The minimum absolute atomic E-state index is 0.00419. The first-order valence-corrected chi connectivity index (χ1v) is 10.6. The monoisotopic (exact) mass is 410 g/mol. The lowest BCUT2D eigenvalue weighted by Crippen LogP contribution is -2.51. The molecule has 4 rings (SSSR count). The second kappa shape index (κ2) is 8.60. The third kappa shape index (κ3) is 4.26. The topological polar surface area (TPSA) is 78.5 Å². The Morgan fingerprint density at radius 2 is 2.00 bits per heavy atom. The number of benzene rings is 1. The Bertz CT molecular complexity index is 860. The fraction of sp³-hybridized carbons (Fsp3) is 0.522. The summed E-state index contributed by atoms with van der Waals surface area (Å²) in [4.78, 5) is 29.1. The summed E-state index contributed by atoms with van der Waals surface area (Å²) < 4.78 is 5.59. The maximum atomic E-state index is 12.6. The van der Waals surface area contributed by atoms with Crippen LogP contribution in [-0.4, -0.2) is 71.2 Å². The van der Waals surface area contributed by atoms with Crippen molar-refractivity contribution in [1.82, 2.24) is 20.0 Å². The Morgan fingerprint density at radius 1 is 1.27 bits per heavy atom. The van der Waals surface area contributed by atoms with E-state index >= 15 is 0 Å². The molecule has 2 fully saturated rings. The Kier molecular flexibility index (Phi) is 5.90. The molecule has 1 aliphatic heterocycles. The Labute approximate surface area is 177 Å². The van der Waals surface area contributed by atoms with Gasteiger partial charge in [-0.2, -0.15) is 5.10 Å². The molecular formula is C23H30N4O3. The number of hydrogen-bond donors (Lipinski definition) is 1. The fourth-order valence-corrected chi connectivity index (χ4v) is 4.80. The van der Waals surface area contributed by atoms with Crippen LogP contribution in [-0.2, 0) is 9.53 Å². The maximum absolute atomic E-state index is 12.6. The lowest BCUT2D eigenvalue weighted by molar-refractivity contribution is -0.132. The molecule has 2 aliphatic rings. The van der Waals surface area contributed by atoms with Crippen molar-refractivity contribution in [1.29, 1.82) is 0 Å². The van der Waals surface area contributed by atoms with Gasteiger partial charge < -0.3 is 14.5 Å². The van der Waals surface area contributed by atoms with E-state index in [1.807, 2.05) is 15.9 Å². The van der Waals surface area contributed by atoms with Crippen LogP contribution in [0.2, 0.25) is 0 Å². The number of rotatable bonds is 7. The molecule has 7 heteroatoms. The quantitative estimate of drug-likeness (QED) is 0.761. The zero-order chi connectivity index (χ0) is 21.1. The molecule has 1 saturated heterocycles. The van der Waals surface area contributed by atoms with Crippen LogP contribution in [0.5, 0.6) is 0 Å². The number of ether oxygens (including phenoxy) is 1. The number of H-pyrrole nitrogens is 1. The molecular weight excluding hydrogens is 380 g/mol. The molecule has 2 atom stereocenters. The van der Waals surface area contributed by atoms with Crippen LogP contribution in [0.4, 0.5) is 0 Å². The third-order valence-electron chi connectivity index (χ3n) is 6.60. The van der Waals surface area contributed by atoms with Gasteiger partial charge in [0.15, 0.2) is 0 Å². The van der Waals surface area contributed by atoms with Gasteiger partial charge in [0.25, 0.3) is 5.91 Å². The van der Waals surface area contributed by atoms with Gasteiger partial charge in [0, 0.05) is 57.2 Å². The second-order valence-corrected chi connectivity index (χ2v) is 8.68. The standard InChI is InChI=1S/C23H30N4O3/c1-17(28)27(21-12-20(21)18-6-4-3-5-7-18)15-23(16-30-2)8-10-26(11-9-23)22(29)19-13-24-25-14-19/h3-7,13-14,20-21H,8-12,15-16H2,1-2H3,(H,24,25)/t20?,21-/m1/s1. The summed E-state index contributed by atoms with van der Waals surface area (Å²) in [7, 11) is 1.72. The number of aromatic nitrogens is 2. The average molecular weight is 411 g/mol. The van der Waals surface area contributed by atoms with E-state index in [0.29, 0.717) is 37.7 Å². The summed E-state index contributed by atoms with van der Waals surface area (Å²) in [5, 5.41) is 6.58. The fourth-order valence-electron chi connectivity index (χ4n) is 4.80. The van der Waals surface area contributed by atoms with Crippen LogP contribution in [0.3, 0.4) is 0 Å². The van der Waals surface area contributed by atoms with Gasteiger partial charge in [-0.1, -0.05) is 30.3 Å². The summed E-state index contributed by atoms with van der Waals surface area (Å²) in [6, 6.07) is 10.7. The molecule has 1 aliphatic carbocycles. The van der Waals surface area contributed by atoms with Crippen LogP contribution in [0.25, 0.3) is 0 Å². The van der Waals surface area contributed by atoms with Crippen molar-refractivity contribution in [2.45, 2.75) is 38.1 Å². The van der Waals surface area contributed by atoms with Crippen LogP contribution >= 0.6 is 0 Å². The van der Waals surface area contributed by atoms with E-state index in [1.54, 1.807) is 26.4 Å². The van der Waals surface area contributed by atoms with Crippen molar-refractivity contribution in [2.75, 3.05) is 33.4 Å². The number of aromatic amines is 1. The van der Waals surface area contributed by atoms with E-state index in [9.17, 15) is 9.59 Å². The number of likely N-dealkylation sites (tertiary alicyclic amines) is 1.